The number of hydrogen-bond acceptors (Lipinski definition) is 14. The molecule has 0 aliphatic carbocycles. The van der Waals surface area contributed by atoms with Gasteiger partial charge in [-0.25, -0.2) is 19.2 Å². The topological polar surface area (TPSA) is 176 Å². The third-order valence-electron chi connectivity index (χ3n) is 13.2. The Balaban J connectivity index is 0.917. The molecule has 14 nitrogen and oxygen atoms in total. The van der Waals surface area contributed by atoms with Gasteiger partial charge in [0, 0.05) is 12.8 Å². The zero-order valence-corrected chi connectivity index (χ0v) is 46.3. The summed E-state index contributed by atoms with van der Waals surface area (Å²) < 4.78 is 44.6. The second-order valence-corrected chi connectivity index (χ2v) is 19.6. The van der Waals surface area contributed by atoms with E-state index in [0.717, 1.165) is 73.6 Å². The Bertz CT molecular complexity index is 2960. The molecule has 6 aromatic rings. The van der Waals surface area contributed by atoms with Crippen LogP contribution in [0.1, 0.15) is 160 Å². The van der Waals surface area contributed by atoms with E-state index in [1.807, 2.05) is 62.4 Å². The van der Waals surface area contributed by atoms with Gasteiger partial charge in [0.2, 0.25) is 0 Å². The Morgan fingerprint density at radius 3 is 1.13 bits per heavy atom. The van der Waals surface area contributed by atoms with E-state index in [-0.39, 0.29) is 77.0 Å². The Kier molecular flexibility index (Phi) is 23.2. The van der Waals surface area contributed by atoms with E-state index >= 15 is 0 Å². The molecule has 79 heavy (non-hydrogen) atoms. The van der Waals surface area contributed by atoms with Gasteiger partial charge in [-0.3, -0.25) is 9.59 Å². The lowest BCUT2D eigenvalue weighted by Gasteiger charge is -2.14. The van der Waals surface area contributed by atoms with E-state index < -0.39 is 23.9 Å². The minimum atomic E-state index is -0.652. The summed E-state index contributed by atoms with van der Waals surface area (Å²) in [5.41, 5.74) is 4.74. The van der Waals surface area contributed by atoms with Crippen molar-refractivity contribution in [2.24, 2.45) is 5.92 Å². The van der Waals surface area contributed by atoms with Gasteiger partial charge in [-0.05, 0) is 159 Å². The third kappa shape index (κ3) is 18.7. The van der Waals surface area contributed by atoms with Gasteiger partial charge in [-0.15, -0.1) is 0 Å². The number of benzene rings is 6. The van der Waals surface area contributed by atoms with E-state index in [4.69, 9.17) is 37.9 Å². The number of ether oxygens (including phenoxy) is 8. The Labute approximate surface area is 463 Å². The van der Waals surface area contributed by atoms with Gasteiger partial charge in [0.05, 0.1) is 48.7 Å². The number of carbonyl (C=O) groups is 6. The molecule has 0 heterocycles. The lowest BCUT2D eigenvalue weighted by atomic mass is 10.0. The van der Waals surface area contributed by atoms with Gasteiger partial charge < -0.3 is 37.9 Å². The minimum absolute atomic E-state index is 0.0284. The summed E-state index contributed by atoms with van der Waals surface area (Å²) >= 11 is 0. The standard InChI is InChI=1S/C65H72O14/c1-8-10-12-14-16-44(4)74-62(68)50-23-19-46(20-24-50)48-27-33-54(34-28-48)76-64(70)52-31-37-56(58(41-52)72-6)78-60(66)39-18-43(3)40-61(67)79-57-38-32-53(42-59(57)73-7)65(71)77-55-35-29-49(30-36-55)47-21-25-51(26-22-47)63(69)75-45(5)17-15-13-11-9-2/h19-38,41-45H,8-18,39-40H2,1-7H3/t43-,44-,45-/m1/s1. The third-order valence-corrected chi connectivity index (χ3v) is 13.2. The van der Waals surface area contributed by atoms with E-state index in [2.05, 4.69) is 13.8 Å². The first-order valence-corrected chi connectivity index (χ1v) is 27.2. The van der Waals surface area contributed by atoms with E-state index in [1.165, 1.54) is 63.5 Å². The second kappa shape index (κ2) is 30.6. The van der Waals surface area contributed by atoms with Crippen molar-refractivity contribution in [3.63, 3.8) is 0 Å². The Morgan fingerprint density at radius 2 is 0.747 bits per heavy atom. The van der Waals surface area contributed by atoms with Gasteiger partial charge in [-0.1, -0.05) is 108 Å². The zero-order chi connectivity index (χ0) is 56.7. The molecule has 0 aromatic heterocycles. The summed E-state index contributed by atoms with van der Waals surface area (Å²) in [6, 6.07) is 36.9. The number of carbonyl (C=O) groups excluding carboxylic acids is 6. The van der Waals surface area contributed by atoms with Gasteiger partial charge in [0.25, 0.3) is 0 Å². The average Bonchev–Trinajstić information content (AvgIpc) is 3.46. The molecule has 6 rings (SSSR count). The van der Waals surface area contributed by atoms with Crippen molar-refractivity contribution in [3.05, 3.63) is 156 Å². The molecule has 0 N–H and O–H groups in total. The highest BCUT2D eigenvalue weighted by Gasteiger charge is 2.21. The van der Waals surface area contributed by atoms with Crippen molar-refractivity contribution in [3.8, 4) is 56.8 Å². The van der Waals surface area contributed by atoms with Crippen LogP contribution in [0.5, 0.6) is 34.5 Å². The number of rotatable bonds is 29. The number of methoxy groups -OCH3 is 2. The molecule has 416 valence electrons. The van der Waals surface area contributed by atoms with Gasteiger partial charge in [0.1, 0.15) is 11.5 Å². The summed E-state index contributed by atoms with van der Waals surface area (Å²) in [4.78, 5) is 77.6. The first kappa shape index (κ1) is 60.0. The Morgan fingerprint density at radius 1 is 0.380 bits per heavy atom. The molecule has 0 aliphatic rings. The smallest absolute Gasteiger partial charge is 0.343 e. The molecule has 0 spiro atoms. The van der Waals surface area contributed by atoms with E-state index in [9.17, 15) is 28.8 Å². The van der Waals surface area contributed by atoms with Crippen molar-refractivity contribution >= 4 is 35.8 Å². The number of esters is 6. The Hall–Kier alpha value is -8.26. The second-order valence-electron chi connectivity index (χ2n) is 19.6. The highest BCUT2D eigenvalue weighted by Crippen LogP contribution is 2.33. The summed E-state index contributed by atoms with van der Waals surface area (Å²) in [6.45, 7) is 9.96. The largest absolute Gasteiger partial charge is 0.493 e. The van der Waals surface area contributed by atoms with Crippen LogP contribution in [0.15, 0.2) is 133 Å². The van der Waals surface area contributed by atoms with Crippen LogP contribution in [-0.4, -0.2) is 62.2 Å². The molecule has 0 bridgehead atoms. The summed E-state index contributed by atoms with van der Waals surface area (Å²) in [7, 11) is 2.77. The maximum absolute atomic E-state index is 13.2. The van der Waals surface area contributed by atoms with Crippen LogP contribution in [0.3, 0.4) is 0 Å². The fourth-order valence-electron chi connectivity index (χ4n) is 8.54. The predicted molar refractivity (Wildman–Crippen MR) is 301 cm³/mol. The fraction of sp³-hybridized carbons (Fsp3) is 0.354. The molecule has 0 radical (unpaired) electrons. The van der Waals surface area contributed by atoms with Crippen LogP contribution in [0.2, 0.25) is 0 Å². The van der Waals surface area contributed by atoms with Crippen molar-refractivity contribution in [1.82, 2.24) is 0 Å². The molecule has 3 atom stereocenters. The lowest BCUT2D eigenvalue weighted by molar-refractivity contribution is -0.137. The van der Waals surface area contributed by atoms with Crippen molar-refractivity contribution in [2.45, 2.75) is 130 Å². The summed E-state index contributed by atoms with van der Waals surface area (Å²) in [6.07, 6.45) is 10.6. The van der Waals surface area contributed by atoms with Gasteiger partial charge in [-0.2, -0.15) is 0 Å². The van der Waals surface area contributed by atoms with Crippen LogP contribution in [0.25, 0.3) is 22.3 Å². The number of hydrogen-bond donors (Lipinski definition) is 0. The molecule has 0 unspecified atom stereocenters. The maximum atomic E-state index is 13.2. The molecular formula is C65H72O14. The lowest BCUT2D eigenvalue weighted by Crippen LogP contribution is -2.16. The minimum Gasteiger partial charge on any atom is -0.493 e. The van der Waals surface area contributed by atoms with Gasteiger partial charge in [0.15, 0.2) is 23.0 Å². The molecule has 6 aromatic carbocycles. The first-order chi connectivity index (χ1) is 38.2. The van der Waals surface area contributed by atoms with Crippen molar-refractivity contribution in [2.75, 3.05) is 14.2 Å². The normalized spacial score (nSPS) is 12.0. The van der Waals surface area contributed by atoms with E-state index in [0.29, 0.717) is 29.0 Å². The first-order valence-electron chi connectivity index (χ1n) is 27.2. The van der Waals surface area contributed by atoms with Crippen LogP contribution in [-0.2, 0) is 19.1 Å². The molecular weight excluding hydrogens is 1000 g/mol. The van der Waals surface area contributed by atoms with E-state index in [1.54, 1.807) is 55.5 Å². The number of unbranched alkanes of at least 4 members (excludes halogenated alkanes) is 6. The zero-order valence-electron chi connectivity index (χ0n) is 46.3. The molecule has 0 amide bonds. The van der Waals surface area contributed by atoms with Gasteiger partial charge >= 0.3 is 35.8 Å². The monoisotopic (exact) mass is 1080 g/mol. The summed E-state index contributed by atoms with van der Waals surface area (Å²) in [5.74, 6) is -2.33. The average molecular weight is 1080 g/mol. The maximum Gasteiger partial charge on any atom is 0.343 e. The molecule has 14 heteroatoms. The van der Waals surface area contributed by atoms with Crippen LogP contribution in [0, 0.1) is 5.92 Å². The fourth-order valence-corrected chi connectivity index (χ4v) is 8.54. The SMILES string of the molecule is CCCCCC[C@@H](C)OC(=O)c1ccc(-c2ccc(OC(=O)c3ccc(OC(=O)CC[C@@H](C)CC(=O)Oc4ccc(C(=O)Oc5ccc(-c6ccc(C(=O)O[C@H](C)CCCCCC)cc6)cc5)cc4OC)c(OC)c3)cc2)cc1. The molecule has 0 aliphatic heterocycles. The molecule has 0 fully saturated rings. The van der Waals surface area contributed by atoms with Crippen LogP contribution < -0.4 is 28.4 Å². The van der Waals surface area contributed by atoms with Crippen LogP contribution in [0.4, 0.5) is 0 Å². The van der Waals surface area contributed by atoms with Crippen LogP contribution >= 0.6 is 0 Å². The summed E-state index contributed by atoms with van der Waals surface area (Å²) in [5, 5.41) is 0. The highest BCUT2D eigenvalue weighted by molar-refractivity contribution is 5.94. The predicted octanol–water partition coefficient (Wildman–Crippen LogP) is 14.8. The highest BCUT2D eigenvalue weighted by atomic mass is 16.6. The molecule has 0 saturated carbocycles. The molecule has 0 saturated heterocycles. The van der Waals surface area contributed by atoms with Crippen molar-refractivity contribution < 1.29 is 66.7 Å². The quantitative estimate of drug-likeness (QED) is 0.0246. The van der Waals surface area contributed by atoms with Crippen molar-refractivity contribution in [1.29, 1.82) is 0 Å².